The van der Waals surface area contributed by atoms with Gasteiger partial charge in [-0.1, -0.05) is 0 Å². The van der Waals surface area contributed by atoms with Gasteiger partial charge in [-0.3, -0.25) is 4.98 Å². The van der Waals surface area contributed by atoms with E-state index < -0.39 is 5.67 Å². The number of nitrogens with one attached hydrogen (secondary N) is 1. The highest BCUT2D eigenvalue weighted by molar-refractivity contribution is 5.13. The molecule has 1 aliphatic heterocycles. The van der Waals surface area contributed by atoms with E-state index in [1.807, 2.05) is 12.1 Å². The number of nitrogens with zero attached hydrogens (tertiary/aromatic N) is 1. The summed E-state index contributed by atoms with van der Waals surface area (Å²) in [5.74, 6) is 0.134. The molecule has 1 aromatic rings. The van der Waals surface area contributed by atoms with E-state index in [-0.39, 0.29) is 5.92 Å². The number of hydrogen-bond donors (Lipinski definition) is 1. The Balaban J connectivity index is 2.01. The van der Waals surface area contributed by atoms with Gasteiger partial charge in [-0.2, -0.15) is 0 Å². The maximum absolute atomic E-state index is 14.6. The van der Waals surface area contributed by atoms with Gasteiger partial charge in [0.15, 0.2) is 0 Å². The molecule has 0 amide bonds. The summed E-state index contributed by atoms with van der Waals surface area (Å²) in [5.41, 5.74) is -0.0834. The van der Waals surface area contributed by atoms with Crippen LogP contribution in [0.15, 0.2) is 24.5 Å². The molecule has 16 heavy (non-hydrogen) atoms. The summed E-state index contributed by atoms with van der Waals surface area (Å²) in [6.07, 6.45) is 6.02. The van der Waals surface area contributed by atoms with Crippen LogP contribution >= 0.6 is 0 Å². The predicted octanol–water partition coefficient (Wildman–Crippen LogP) is 2.35. The lowest BCUT2D eigenvalue weighted by molar-refractivity contribution is 0.0833. The summed E-state index contributed by atoms with van der Waals surface area (Å²) >= 11 is 0. The van der Waals surface area contributed by atoms with E-state index in [4.69, 9.17) is 0 Å². The second-order valence-corrected chi connectivity index (χ2v) is 4.85. The summed E-state index contributed by atoms with van der Waals surface area (Å²) in [4.78, 5) is 3.95. The van der Waals surface area contributed by atoms with E-state index in [2.05, 4.69) is 10.3 Å². The number of pyridine rings is 1. The molecular weight excluding hydrogens is 203 g/mol. The second-order valence-electron chi connectivity index (χ2n) is 4.85. The third-order valence-electron chi connectivity index (χ3n) is 3.45. The quantitative estimate of drug-likeness (QED) is 0.849. The molecule has 0 radical (unpaired) electrons. The molecule has 2 unspecified atom stereocenters. The summed E-state index contributed by atoms with van der Waals surface area (Å²) in [7, 11) is 0. The monoisotopic (exact) mass is 222 g/mol. The summed E-state index contributed by atoms with van der Waals surface area (Å²) < 4.78 is 14.6. The Morgan fingerprint density at radius 1 is 1.50 bits per heavy atom. The van der Waals surface area contributed by atoms with Crippen molar-refractivity contribution in [3.05, 3.63) is 30.1 Å². The van der Waals surface area contributed by atoms with Crippen molar-refractivity contribution in [3.63, 3.8) is 0 Å². The van der Waals surface area contributed by atoms with Crippen molar-refractivity contribution in [1.82, 2.24) is 10.3 Å². The Morgan fingerprint density at radius 3 is 2.88 bits per heavy atom. The maximum atomic E-state index is 14.6. The molecule has 0 bridgehead atoms. The first-order chi connectivity index (χ1) is 7.68. The van der Waals surface area contributed by atoms with Crippen molar-refractivity contribution in [1.29, 1.82) is 0 Å². The van der Waals surface area contributed by atoms with E-state index >= 15 is 0 Å². The minimum absolute atomic E-state index is 0.134. The zero-order chi connectivity index (χ0) is 11.4. The normalized spacial score (nSPS) is 25.0. The van der Waals surface area contributed by atoms with Gasteiger partial charge in [0, 0.05) is 31.3 Å². The van der Waals surface area contributed by atoms with Gasteiger partial charge in [0.05, 0.1) is 0 Å². The van der Waals surface area contributed by atoms with Crippen molar-refractivity contribution < 1.29 is 4.39 Å². The smallest absolute Gasteiger partial charge is 0.116 e. The number of hydrogen-bond acceptors (Lipinski definition) is 2. The summed E-state index contributed by atoms with van der Waals surface area (Å²) in [5, 5.41) is 3.27. The fourth-order valence-electron chi connectivity index (χ4n) is 2.41. The molecule has 0 saturated carbocycles. The molecule has 1 saturated heterocycles. The van der Waals surface area contributed by atoms with Crippen LogP contribution in [0.2, 0.25) is 0 Å². The van der Waals surface area contributed by atoms with Crippen molar-refractivity contribution in [2.24, 2.45) is 5.92 Å². The zero-order valence-corrected chi connectivity index (χ0v) is 9.75. The van der Waals surface area contributed by atoms with E-state index in [1.54, 1.807) is 19.3 Å². The first-order valence-electron chi connectivity index (χ1n) is 5.97. The third kappa shape index (κ3) is 2.79. The van der Waals surface area contributed by atoms with Crippen LogP contribution in [0.5, 0.6) is 0 Å². The van der Waals surface area contributed by atoms with E-state index in [0.29, 0.717) is 6.42 Å². The van der Waals surface area contributed by atoms with Gasteiger partial charge in [-0.25, -0.2) is 4.39 Å². The minimum atomic E-state index is -1.12. The highest BCUT2D eigenvalue weighted by Gasteiger charge is 2.34. The SMILES string of the molecule is CC(F)(Cc1ccncc1)C1CCCNC1. The van der Waals surface area contributed by atoms with Crippen LogP contribution in [0.4, 0.5) is 4.39 Å². The number of rotatable bonds is 3. The molecule has 2 rings (SSSR count). The van der Waals surface area contributed by atoms with Gasteiger partial charge < -0.3 is 5.32 Å². The van der Waals surface area contributed by atoms with Crippen molar-refractivity contribution in [3.8, 4) is 0 Å². The van der Waals surface area contributed by atoms with Crippen molar-refractivity contribution >= 4 is 0 Å². The highest BCUT2D eigenvalue weighted by Crippen LogP contribution is 2.30. The number of halogens is 1. The molecule has 2 nitrogen and oxygen atoms in total. The lowest BCUT2D eigenvalue weighted by atomic mass is 9.81. The highest BCUT2D eigenvalue weighted by atomic mass is 19.1. The largest absolute Gasteiger partial charge is 0.316 e. The van der Waals surface area contributed by atoms with Gasteiger partial charge in [0.2, 0.25) is 0 Å². The minimum Gasteiger partial charge on any atom is -0.316 e. The molecule has 1 fully saturated rings. The van der Waals surface area contributed by atoms with E-state index in [0.717, 1.165) is 31.5 Å². The van der Waals surface area contributed by atoms with Crippen molar-refractivity contribution in [2.75, 3.05) is 13.1 Å². The molecule has 2 atom stereocenters. The average Bonchev–Trinajstić information content (AvgIpc) is 2.31. The predicted molar refractivity (Wildman–Crippen MR) is 63.0 cm³/mol. The molecule has 0 aliphatic carbocycles. The Kier molecular flexibility index (Phi) is 3.54. The number of aromatic nitrogens is 1. The lowest BCUT2D eigenvalue weighted by Gasteiger charge is -2.34. The topological polar surface area (TPSA) is 24.9 Å². The van der Waals surface area contributed by atoms with E-state index in [1.165, 1.54) is 0 Å². The molecule has 1 aromatic heterocycles. The molecule has 88 valence electrons. The third-order valence-corrected chi connectivity index (χ3v) is 3.45. The van der Waals surface area contributed by atoms with Crippen LogP contribution in [-0.4, -0.2) is 23.7 Å². The van der Waals surface area contributed by atoms with Gasteiger partial charge >= 0.3 is 0 Å². The molecule has 2 heterocycles. The summed E-state index contributed by atoms with van der Waals surface area (Å²) in [6, 6.07) is 3.79. The van der Waals surface area contributed by atoms with Gasteiger partial charge in [-0.05, 0) is 44.0 Å². The van der Waals surface area contributed by atoms with Gasteiger partial charge in [-0.15, -0.1) is 0 Å². The van der Waals surface area contributed by atoms with Crippen LogP contribution in [0.1, 0.15) is 25.3 Å². The maximum Gasteiger partial charge on any atom is 0.116 e. The molecule has 0 aromatic carbocycles. The Labute approximate surface area is 96.3 Å². The lowest BCUT2D eigenvalue weighted by Crippen LogP contribution is -2.42. The second kappa shape index (κ2) is 4.91. The first-order valence-corrected chi connectivity index (χ1v) is 5.97. The Bertz CT molecular complexity index is 318. The van der Waals surface area contributed by atoms with Gasteiger partial charge in [0.1, 0.15) is 5.67 Å². The first kappa shape index (κ1) is 11.5. The van der Waals surface area contributed by atoms with Crippen LogP contribution < -0.4 is 5.32 Å². The van der Waals surface area contributed by atoms with Crippen LogP contribution in [0.25, 0.3) is 0 Å². The standard InChI is InChI=1S/C13H19FN2/c1-13(14,12-3-2-6-16-10-12)9-11-4-7-15-8-5-11/h4-5,7-8,12,16H,2-3,6,9-10H2,1H3. The molecule has 0 spiro atoms. The van der Waals surface area contributed by atoms with Crippen LogP contribution in [0.3, 0.4) is 0 Å². The average molecular weight is 222 g/mol. The van der Waals surface area contributed by atoms with Crippen molar-refractivity contribution in [2.45, 2.75) is 31.9 Å². The Morgan fingerprint density at radius 2 is 2.25 bits per heavy atom. The zero-order valence-electron chi connectivity index (χ0n) is 9.75. The fourth-order valence-corrected chi connectivity index (χ4v) is 2.41. The molecule has 1 aliphatic rings. The van der Waals surface area contributed by atoms with Crippen LogP contribution in [0, 0.1) is 5.92 Å². The molecular formula is C13H19FN2. The Hall–Kier alpha value is -0.960. The fraction of sp³-hybridized carbons (Fsp3) is 0.615. The van der Waals surface area contributed by atoms with E-state index in [9.17, 15) is 4.39 Å². The number of alkyl halides is 1. The molecule has 1 N–H and O–H groups in total. The molecule has 3 heteroatoms. The number of piperidine rings is 1. The van der Waals surface area contributed by atoms with Gasteiger partial charge in [0.25, 0.3) is 0 Å². The van der Waals surface area contributed by atoms with Crippen LogP contribution in [-0.2, 0) is 6.42 Å². The summed E-state index contributed by atoms with van der Waals surface area (Å²) in [6.45, 7) is 3.56.